The topological polar surface area (TPSA) is 132 Å². The van der Waals surface area contributed by atoms with Crippen molar-refractivity contribution in [2.75, 3.05) is 13.1 Å². The first-order chi connectivity index (χ1) is 16.0. The number of hydrogen-bond acceptors (Lipinski definition) is 6. The van der Waals surface area contributed by atoms with Gasteiger partial charge in [-0.2, -0.15) is 0 Å². The van der Waals surface area contributed by atoms with Gasteiger partial charge in [-0.3, -0.25) is 20.4 Å². The first-order valence-electron chi connectivity index (χ1n) is 10.7. The Labute approximate surface area is 189 Å². The van der Waals surface area contributed by atoms with E-state index in [9.17, 15) is 9.59 Å². The number of unbranched alkanes of at least 4 members (excludes halogenated alkanes) is 2. The Balaban J connectivity index is 1.20. The van der Waals surface area contributed by atoms with E-state index < -0.39 is 0 Å². The first kappa shape index (κ1) is 22.0. The maximum absolute atomic E-state index is 12.4. The fourth-order valence-electron chi connectivity index (χ4n) is 3.52. The van der Waals surface area contributed by atoms with Gasteiger partial charge >= 0.3 is 0 Å². The summed E-state index contributed by atoms with van der Waals surface area (Å²) in [6.45, 7) is 0.916. The highest BCUT2D eigenvalue weighted by Crippen LogP contribution is 2.13. The van der Waals surface area contributed by atoms with E-state index in [4.69, 9.17) is 19.7 Å². The predicted molar refractivity (Wildman–Crippen MR) is 123 cm³/mol. The smallest absolute Gasteiger partial charge is 0.256 e. The molecule has 0 aliphatic rings. The van der Waals surface area contributed by atoms with Crippen molar-refractivity contribution in [2.24, 2.45) is 0 Å². The van der Waals surface area contributed by atoms with Crippen molar-refractivity contribution < 1.29 is 18.4 Å². The molecular formula is C25H24N4O4. The summed E-state index contributed by atoms with van der Waals surface area (Å²) in [4.78, 5) is 24.8. The summed E-state index contributed by atoms with van der Waals surface area (Å²) in [6.07, 6.45) is 2.26. The highest BCUT2D eigenvalue weighted by Gasteiger charge is 2.12. The average molecular weight is 444 g/mol. The summed E-state index contributed by atoms with van der Waals surface area (Å²) in [7, 11) is 0. The second-order valence-corrected chi connectivity index (χ2v) is 7.63. The standard InChI is InChI=1S/C25H24N4O4/c26-22-18(14-16-8-2-4-10-20(16)32-22)24(30)28-12-6-1-7-13-29-25(31)19-15-17-9-3-5-11-21(17)33-23(19)27/h2-5,8-11,14-15,26-27H,1,6-7,12-13H2,(H,28,30)(H,29,31). The second-order valence-electron chi connectivity index (χ2n) is 7.63. The number of carbonyl (C=O) groups excluding carboxylic acids is 2. The monoisotopic (exact) mass is 444 g/mol. The van der Waals surface area contributed by atoms with Crippen LogP contribution in [-0.4, -0.2) is 24.9 Å². The summed E-state index contributed by atoms with van der Waals surface area (Å²) in [6, 6.07) is 17.8. The Kier molecular flexibility index (Phi) is 6.64. The van der Waals surface area contributed by atoms with Crippen molar-refractivity contribution in [1.82, 2.24) is 10.6 Å². The van der Waals surface area contributed by atoms with Crippen LogP contribution in [0.2, 0.25) is 0 Å². The quantitative estimate of drug-likeness (QED) is 0.310. The Bertz CT molecular complexity index is 1330. The summed E-state index contributed by atoms with van der Waals surface area (Å²) in [5.74, 6) is -0.684. The number of rotatable bonds is 8. The molecule has 0 aliphatic carbocycles. The molecule has 2 amide bonds. The van der Waals surface area contributed by atoms with Gasteiger partial charge in [-0.15, -0.1) is 0 Å². The third-order valence-electron chi connectivity index (χ3n) is 5.26. The van der Waals surface area contributed by atoms with Gasteiger partial charge < -0.3 is 19.5 Å². The number of benzene rings is 2. The van der Waals surface area contributed by atoms with E-state index >= 15 is 0 Å². The normalized spacial score (nSPS) is 10.9. The van der Waals surface area contributed by atoms with Crippen LogP contribution in [0.3, 0.4) is 0 Å². The zero-order valence-corrected chi connectivity index (χ0v) is 17.9. The van der Waals surface area contributed by atoms with Crippen molar-refractivity contribution >= 4 is 33.8 Å². The molecule has 0 spiro atoms. The van der Waals surface area contributed by atoms with Crippen LogP contribution >= 0.6 is 0 Å². The van der Waals surface area contributed by atoms with Crippen LogP contribution in [0.5, 0.6) is 0 Å². The van der Waals surface area contributed by atoms with Crippen LogP contribution in [0.25, 0.3) is 21.9 Å². The number of nitrogens with one attached hydrogen (secondary N) is 4. The predicted octanol–water partition coefficient (Wildman–Crippen LogP) is 3.47. The summed E-state index contributed by atoms with van der Waals surface area (Å²) in [5, 5.41) is 23.0. The molecule has 4 aromatic rings. The Morgan fingerprint density at radius 1 is 0.667 bits per heavy atom. The van der Waals surface area contributed by atoms with Gasteiger partial charge in [0.1, 0.15) is 22.3 Å². The minimum atomic E-state index is -0.342. The molecule has 2 aromatic carbocycles. The van der Waals surface area contributed by atoms with Crippen molar-refractivity contribution in [3.63, 3.8) is 0 Å². The molecule has 0 radical (unpaired) electrons. The number of para-hydroxylation sites is 2. The minimum Gasteiger partial charge on any atom is -0.438 e. The molecule has 0 fully saturated rings. The van der Waals surface area contributed by atoms with Gasteiger partial charge in [0, 0.05) is 23.9 Å². The molecule has 8 heteroatoms. The summed E-state index contributed by atoms with van der Waals surface area (Å²) >= 11 is 0. The molecule has 8 nitrogen and oxygen atoms in total. The van der Waals surface area contributed by atoms with Gasteiger partial charge in [0.15, 0.2) is 0 Å². The maximum Gasteiger partial charge on any atom is 0.256 e. The van der Waals surface area contributed by atoms with Crippen LogP contribution in [0.1, 0.15) is 40.0 Å². The molecule has 4 N–H and O–H groups in total. The largest absolute Gasteiger partial charge is 0.438 e. The second kappa shape index (κ2) is 9.95. The molecule has 0 saturated carbocycles. The lowest BCUT2D eigenvalue weighted by Crippen LogP contribution is -2.30. The number of hydrogen-bond donors (Lipinski definition) is 4. The summed E-state index contributed by atoms with van der Waals surface area (Å²) < 4.78 is 10.8. The Morgan fingerprint density at radius 2 is 1.09 bits per heavy atom. The van der Waals surface area contributed by atoms with E-state index in [0.29, 0.717) is 24.3 Å². The van der Waals surface area contributed by atoms with Gasteiger partial charge in [0.2, 0.25) is 11.1 Å². The van der Waals surface area contributed by atoms with Crippen molar-refractivity contribution in [1.29, 1.82) is 10.8 Å². The van der Waals surface area contributed by atoms with Gasteiger partial charge in [-0.25, -0.2) is 0 Å². The first-order valence-corrected chi connectivity index (χ1v) is 10.7. The van der Waals surface area contributed by atoms with Crippen LogP contribution < -0.4 is 21.7 Å². The van der Waals surface area contributed by atoms with Gasteiger partial charge in [0.25, 0.3) is 11.8 Å². The summed E-state index contributed by atoms with van der Waals surface area (Å²) in [5.41, 5.74) is 1.21. The fourth-order valence-corrected chi connectivity index (χ4v) is 3.52. The van der Waals surface area contributed by atoms with E-state index in [1.165, 1.54) is 0 Å². The SMILES string of the molecule is N=c1oc2ccccc2cc1C(=O)NCCCCCNC(=O)c1cc2ccccc2oc1=N. The molecule has 4 rings (SSSR count). The molecule has 2 heterocycles. The molecular weight excluding hydrogens is 420 g/mol. The molecule has 0 unspecified atom stereocenters. The number of fused-ring (bicyclic) bond motifs is 2. The van der Waals surface area contributed by atoms with Crippen molar-refractivity contribution in [3.8, 4) is 0 Å². The molecule has 0 bridgehead atoms. The van der Waals surface area contributed by atoms with Crippen LogP contribution in [0, 0.1) is 10.8 Å². The van der Waals surface area contributed by atoms with E-state index in [1.807, 2.05) is 36.4 Å². The third kappa shape index (κ3) is 5.17. The zero-order chi connectivity index (χ0) is 23.2. The van der Waals surface area contributed by atoms with Gasteiger partial charge in [0.05, 0.1) is 0 Å². The van der Waals surface area contributed by atoms with E-state index in [-0.39, 0.29) is 34.0 Å². The van der Waals surface area contributed by atoms with Gasteiger partial charge in [-0.05, 0) is 43.5 Å². The van der Waals surface area contributed by atoms with Crippen molar-refractivity contribution in [3.05, 3.63) is 82.9 Å². The lowest BCUT2D eigenvalue weighted by atomic mass is 10.1. The van der Waals surface area contributed by atoms with Crippen LogP contribution in [0.15, 0.2) is 69.5 Å². The van der Waals surface area contributed by atoms with E-state index in [2.05, 4.69) is 10.6 Å². The third-order valence-corrected chi connectivity index (χ3v) is 5.26. The van der Waals surface area contributed by atoms with Crippen LogP contribution in [0.4, 0.5) is 0 Å². The van der Waals surface area contributed by atoms with Crippen LogP contribution in [-0.2, 0) is 0 Å². The molecule has 0 aliphatic heterocycles. The zero-order valence-electron chi connectivity index (χ0n) is 17.9. The fraction of sp³-hybridized carbons (Fsp3) is 0.200. The number of amides is 2. The molecule has 33 heavy (non-hydrogen) atoms. The number of carbonyl (C=O) groups is 2. The maximum atomic E-state index is 12.4. The van der Waals surface area contributed by atoms with Gasteiger partial charge in [-0.1, -0.05) is 36.4 Å². The minimum absolute atomic E-state index is 0.164. The molecule has 0 saturated heterocycles. The molecule has 168 valence electrons. The Hall–Kier alpha value is -4.20. The van der Waals surface area contributed by atoms with E-state index in [1.54, 1.807) is 24.3 Å². The van der Waals surface area contributed by atoms with Crippen molar-refractivity contribution in [2.45, 2.75) is 19.3 Å². The molecule has 2 aromatic heterocycles. The highest BCUT2D eigenvalue weighted by molar-refractivity contribution is 5.97. The Morgan fingerprint density at radius 3 is 1.55 bits per heavy atom. The van der Waals surface area contributed by atoms with E-state index in [0.717, 1.165) is 30.0 Å². The lowest BCUT2D eigenvalue weighted by molar-refractivity contribution is 0.0943. The highest BCUT2D eigenvalue weighted by atomic mass is 16.3. The average Bonchev–Trinajstić information content (AvgIpc) is 2.82. The lowest BCUT2D eigenvalue weighted by Gasteiger charge is -2.07. The molecule has 0 atom stereocenters.